The van der Waals surface area contributed by atoms with Crippen molar-refractivity contribution in [2.45, 2.75) is 39.0 Å². The summed E-state index contributed by atoms with van der Waals surface area (Å²) >= 11 is 6.62. The van der Waals surface area contributed by atoms with Crippen molar-refractivity contribution in [1.82, 2.24) is 4.98 Å². The second-order valence-electron chi connectivity index (χ2n) is 4.70. The second kappa shape index (κ2) is 5.15. The van der Waals surface area contributed by atoms with Crippen LogP contribution in [-0.2, 0) is 0 Å². The second-order valence-corrected chi connectivity index (χ2v) is 5.17. The summed E-state index contributed by atoms with van der Waals surface area (Å²) in [5.74, 6) is 2.01. The Kier molecular flexibility index (Phi) is 3.76. The molecule has 0 bridgehead atoms. The van der Waals surface area contributed by atoms with Crippen LogP contribution >= 0.6 is 11.6 Å². The summed E-state index contributed by atoms with van der Waals surface area (Å²) in [6, 6.07) is 5.92. The van der Waals surface area contributed by atoms with Crippen LogP contribution in [0.1, 0.15) is 46.6 Å². The largest absolute Gasteiger partial charge is 0.466 e. The van der Waals surface area contributed by atoms with Gasteiger partial charge >= 0.3 is 0 Å². The Labute approximate surface area is 113 Å². The minimum atomic E-state index is -0.114. The zero-order valence-electron chi connectivity index (χ0n) is 11.2. The van der Waals surface area contributed by atoms with Gasteiger partial charge in [-0.05, 0) is 38.5 Å². The predicted octanol–water partition coefficient (Wildman–Crippen LogP) is 4.68. The van der Waals surface area contributed by atoms with Gasteiger partial charge in [-0.15, -0.1) is 11.6 Å². The number of aromatic nitrogens is 1. The molecule has 2 rings (SSSR count). The lowest BCUT2D eigenvalue weighted by atomic mass is 9.94. The fourth-order valence-electron chi connectivity index (χ4n) is 2.26. The van der Waals surface area contributed by atoms with Crippen LogP contribution in [-0.4, -0.2) is 4.98 Å². The number of aryl methyl sites for hydroxylation is 2. The summed E-state index contributed by atoms with van der Waals surface area (Å²) in [6.07, 6.45) is 1.80. The molecule has 0 aliphatic rings. The maximum Gasteiger partial charge on any atom is 0.106 e. The van der Waals surface area contributed by atoms with E-state index in [1.807, 2.05) is 32.0 Å². The van der Waals surface area contributed by atoms with E-state index < -0.39 is 0 Å². The molecule has 0 saturated heterocycles. The number of alkyl halides is 1. The predicted molar refractivity (Wildman–Crippen MR) is 74.2 cm³/mol. The Morgan fingerprint density at radius 2 is 1.89 bits per heavy atom. The van der Waals surface area contributed by atoms with E-state index >= 15 is 0 Å². The summed E-state index contributed by atoms with van der Waals surface area (Å²) in [6.45, 7) is 8.10. The Morgan fingerprint density at radius 3 is 2.39 bits per heavy atom. The van der Waals surface area contributed by atoms with E-state index in [2.05, 4.69) is 18.8 Å². The summed E-state index contributed by atoms with van der Waals surface area (Å²) in [5, 5.41) is -0.114. The zero-order valence-corrected chi connectivity index (χ0v) is 12.0. The highest BCUT2D eigenvalue weighted by Gasteiger charge is 2.25. The van der Waals surface area contributed by atoms with Crippen molar-refractivity contribution >= 4 is 11.6 Å². The molecule has 0 N–H and O–H groups in total. The normalized spacial score (nSPS) is 14.5. The molecule has 2 aromatic rings. The van der Waals surface area contributed by atoms with E-state index in [1.54, 1.807) is 6.20 Å². The van der Waals surface area contributed by atoms with Crippen molar-refractivity contribution in [1.29, 1.82) is 0 Å². The standard InChI is InChI=1S/C15H18ClNO/c1-9-11(3)18-12(4)14(9)15(16)10(2)13-7-5-6-8-17-13/h5-8,10,15H,1-4H3. The van der Waals surface area contributed by atoms with Crippen LogP contribution in [0.4, 0.5) is 0 Å². The van der Waals surface area contributed by atoms with E-state index in [9.17, 15) is 0 Å². The molecule has 0 fully saturated rings. The Balaban J connectivity index is 2.34. The number of hydrogen-bond donors (Lipinski definition) is 0. The molecule has 3 heteroatoms. The maximum absolute atomic E-state index is 6.62. The summed E-state index contributed by atoms with van der Waals surface area (Å²) in [4.78, 5) is 4.38. The van der Waals surface area contributed by atoms with E-state index in [4.69, 9.17) is 16.0 Å². The molecule has 0 aromatic carbocycles. The molecule has 18 heavy (non-hydrogen) atoms. The van der Waals surface area contributed by atoms with Crippen molar-refractivity contribution in [3.05, 3.63) is 52.7 Å². The molecule has 0 aliphatic heterocycles. The Morgan fingerprint density at radius 1 is 1.17 bits per heavy atom. The van der Waals surface area contributed by atoms with Crippen molar-refractivity contribution < 1.29 is 4.42 Å². The lowest BCUT2D eigenvalue weighted by Crippen LogP contribution is -2.06. The van der Waals surface area contributed by atoms with Gasteiger partial charge < -0.3 is 4.42 Å². The molecule has 0 saturated carbocycles. The molecule has 2 nitrogen and oxygen atoms in total. The first-order valence-corrected chi connectivity index (χ1v) is 6.57. The van der Waals surface area contributed by atoms with Gasteiger partial charge in [0.25, 0.3) is 0 Å². The van der Waals surface area contributed by atoms with Gasteiger partial charge in [0.1, 0.15) is 11.5 Å². The lowest BCUT2D eigenvalue weighted by Gasteiger charge is -2.18. The van der Waals surface area contributed by atoms with Gasteiger partial charge in [0.2, 0.25) is 0 Å². The lowest BCUT2D eigenvalue weighted by molar-refractivity contribution is 0.497. The highest BCUT2D eigenvalue weighted by Crippen LogP contribution is 2.40. The van der Waals surface area contributed by atoms with E-state index in [0.717, 1.165) is 28.3 Å². The van der Waals surface area contributed by atoms with Gasteiger partial charge in [-0.2, -0.15) is 0 Å². The van der Waals surface area contributed by atoms with Gasteiger partial charge in [0, 0.05) is 23.4 Å². The summed E-state index contributed by atoms with van der Waals surface area (Å²) in [7, 11) is 0. The van der Waals surface area contributed by atoms with Gasteiger partial charge in [0.15, 0.2) is 0 Å². The van der Waals surface area contributed by atoms with Crippen molar-refractivity contribution in [3.8, 4) is 0 Å². The molecular weight excluding hydrogens is 246 g/mol. The molecule has 2 atom stereocenters. The number of pyridine rings is 1. The maximum atomic E-state index is 6.62. The average molecular weight is 264 g/mol. The molecule has 0 spiro atoms. The van der Waals surface area contributed by atoms with Gasteiger partial charge in [-0.1, -0.05) is 13.0 Å². The molecule has 2 unspecified atom stereocenters. The third-order valence-electron chi connectivity index (χ3n) is 3.49. The van der Waals surface area contributed by atoms with Crippen LogP contribution < -0.4 is 0 Å². The van der Waals surface area contributed by atoms with E-state index in [0.29, 0.717) is 0 Å². The first-order valence-electron chi connectivity index (χ1n) is 6.13. The van der Waals surface area contributed by atoms with Gasteiger partial charge in [-0.25, -0.2) is 0 Å². The van der Waals surface area contributed by atoms with Crippen LogP contribution in [0.2, 0.25) is 0 Å². The molecule has 0 aliphatic carbocycles. The highest BCUT2D eigenvalue weighted by molar-refractivity contribution is 6.21. The quantitative estimate of drug-likeness (QED) is 0.752. The minimum Gasteiger partial charge on any atom is -0.466 e. The molecule has 96 valence electrons. The van der Waals surface area contributed by atoms with Crippen molar-refractivity contribution in [2.24, 2.45) is 0 Å². The first-order chi connectivity index (χ1) is 8.52. The number of halogens is 1. The van der Waals surface area contributed by atoms with E-state index in [1.165, 1.54) is 0 Å². The number of hydrogen-bond acceptors (Lipinski definition) is 2. The molecule has 0 amide bonds. The van der Waals surface area contributed by atoms with Crippen LogP contribution in [0, 0.1) is 20.8 Å². The summed E-state index contributed by atoms with van der Waals surface area (Å²) < 4.78 is 5.65. The third-order valence-corrected chi connectivity index (χ3v) is 4.08. The fraction of sp³-hybridized carbons (Fsp3) is 0.400. The van der Waals surface area contributed by atoms with Gasteiger partial charge in [-0.3, -0.25) is 4.98 Å². The monoisotopic (exact) mass is 263 g/mol. The minimum absolute atomic E-state index is 0.114. The van der Waals surface area contributed by atoms with E-state index in [-0.39, 0.29) is 11.3 Å². The number of furan rings is 1. The average Bonchev–Trinajstić information content (AvgIpc) is 2.63. The smallest absolute Gasteiger partial charge is 0.106 e. The molecule has 2 heterocycles. The van der Waals surface area contributed by atoms with Crippen LogP contribution in [0.15, 0.2) is 28.8 Å². The van der Waals surface area contributed by atoms with Gasteiger partial charge in [0.05, 0.1) is 5.38 Å². The topological polar surface area (TPSA) is 26.0 Å². The first kappa shape index (κ1) is 13.2. The van der Waals surface area contributed by atoms with Crippen LogP contribution in [0.3, 0.4) is 0 Å². The molecule has 2 aromatic heterocycles. The number of nitrogens with zero attached hydrogens (tertiary/aromatic N) is 1. The SMILES string of the molecule is Cc1oc(C)c(C(Cl)C(C)c2ccccn2)c1C. The van der Waals surface area contributed by atoms with Crippen molar-refractivity contribution in [3.63, 3.8) is 0 Å². The van der Waals surface area contributed by atoms with Crippen LogP contribution in [0.25, 0.3) is 0 Å². The van der Waals surface area contributed by atoms with Crippen molar-refractivity contribution in [2.75, 3.05) is 0 Å². The molecular formula is C15H18ClNO. The Hall–Kier alpha value is -1.28. The fourth-order valence-corrected chi connectivity index (χ4v) is 2.71. The highest BCUT2D eigenvalue weighted by atomic mass is 35.5. The zero-order chi connectivity index (χ0) is 13.3. The molecule has 0 radical (unpaired) electrons. The number of rotatable bonds is 3. The van der Waals surface area contributed by atoms with Crippen LogP contribution in [0.5, 0.6) is 0 Å². The summed E-state index contributed by atoms with van der Waals surface area (Å²) in [5.41, 5.74) is 3.26. The Bertz CT molecular complexity index is 533. The third kappa shape index (κ3) is 2.30.